The minimum Gasteiger partial charge on any atom is -0.480 e. The summed E-state index contributed by atoms with van der Waals surface area (Å²) in [6.45, 7) is 5.26. The number of amides is 2. The van der Waals surface area contributed by atoms with E-state index in [1.54, 1.807) is 6.92 Å². The molecule has 0 rings (SSSR count). The molecule has 0 aromatic carbocycles. The van der Waals surface area contributed by atoms with Crippen molar-refractivity contribution in [2.24, 2.45) is 5.92 Å². The zero-order valence-corrected chi connectivity index (χ0v) is 10.9. The lowest BCUT2D eigenvalue weighted by atomic mass is 10.2. The van der Waals surface area contributed by atoms with E-state index in [0.717, 1.165) is 4.90 Å². The van der Waals surface area contributed by atoms with Gasteiger partial charge in [0, 0.05) is 13.1 Å². The van der Waals surface area contributed by atoms with Crippen LogP contribution in [0.5, 0.6) is 0 Å². The number of carboxylic acid groups (broad SMARTS) is 2. The number of carbonyl (C=O) groups excluding carboxylic acids is 1. The number of hydrogen-bond donors (Lipinski definition) is 2. The summed E-state index contributed by atoms with van der Waals surface area (Å²) in [7, 11) is 0. The van der Waals surface area contributed by atoms with Gasteiger partial charge < -0.3 is 20.0 Å². The van der Waals surface area contributed by atoms with E-state index in [-0.39, 0.29) is 5.92 Å². The van der Waals surface area contributed by atoms with Crippen molar-refractivity contribution in [3.8, 4) is 0 Å². The highest BCUT2D eigenvalue weighted by Crippen LogP contribution is 2.04. The fraction of sp³-hybridized carbons (Fsp3) is 0.727. The third kappa shape index (κ3) is 6.07. The third-order valence-corrected chi connectivity index (χ3v) is 2.16. The molecule has 0 fully saturated rings. The van der Waals surface area contributed by atoms with Gasteiger partial charge in [0.15, 0.2) is 0 Å². The van der Waals surface area contributed by atoms with Gasteiger partial charge in [0.05, 0.1) is 0 Å². The SMILES string of the molecule is CCN(CC(C)C)C(=O)N(CC(=O)O)CC(=O)O. The molecule has 0 radical (unpaired) electrons. The van der Waals surface area contributed by atoms with Gasteiger partial charge in [-0.2, -0.15) is 0 Å². The van der Waals surface area contributed by atoms with Crippen molar-refractivity contribution in [1.29, 1.82) is 0 Å². The van der Waals surface area contributed by atoms with Gasteiger partial charge in [0.25, 0.3) is 0 Å². The summed E-state index contributed by atoms with van der Waals surface area (Å²) in [5.74, 6) is -2.24. The fourth-order valence-corrected chi connectivity index (χ4v) is 1.50. The third-order valence-electron chi connectivity index (χ3n) is 2.16. The monoisotopic (exact) mass is 260 g/mol. The van der Waals surface area contributed by atoms with Crippen molar-refractivity contribution in [1.82, 2.24) is 9.80 Å². The van der Waals surface area contributed by atoms with E-state index < -0.39 is 31.1 Å². The second-order valence-electron chi connectivity index (χ2n) is 4.36. The Morgan fingerprint density at radius 1 is 1.00 bits per heavy atom. The van der Waals surface area contributed by atoms with Crippen LogP contribution in [0.4, 0.5) is 4.79 Å². The predicted molar refractivity (Wildman–Crippen MR) is 64.3 cm³/mol. The molecule has 104 valence electrons. The van der Waals surface area contributed by atoms with E-state index in [1.807, 2.05) is 13.8 Å². The van der Waals surface area contributed by atoms with Crippen LogP contribution in [-0.4, -0.2) is 64.2 Å². The zero-order chi connectivity index (χ0) is 14.3. The van der Waals surface area contributed by atoms with E-state index in [2.05, 4.69) is 0 Å². The molecule has 0 unspecified atom stereocenters. The highest BCUT2D eigenvalue weighted by Gasteiger charge is 2.24. The van der Waals surface area contributed by atoms with Crippen molar-refractivity contribution in [2.45, 2.75) is 20.8 Å². The van der Waals surface area contributed by atoms with E-state index in [0.29, 0.717) is 13.1 Å². The van der Waals surface area contributed by atoms with Crippen molar-refractivity contribution in [3.05, 3.63) is 0 Å². The van der Waals surface area contributed by atoms with Gasteiger partial charge in [0.2, 0.25) is 0 Å². The molecule has 0 saturated heterocycles. The molecule has 0 aliphatic carbocycles. The lowest BCUT2D eigenvalue weighted by Gasteiger charge is -2.29. The number of carboxylic acids is 2. The van der Waals surface area contributed by atoms with Crippen molar-refractivity contribution >= 4 is 18.0 Å². The van der Waals surface area contributed by atoms with Gasteiger partial charge in [-0.05, 0) is 12.8 Å². The number of aliphatic carboxylic acids is 2. The van der Waals surface area contributed by atoms with Crippen molar-refractivity contribution in [2.75, 3.05) is 26.2 Å². The van der Waals surface area contributed by atoms with Gasteiger partial charge in [-0.25, -0.2) is 4.79 Å². The number of urea groups is 1. The zero-order valence-electron chi connectivity index (χ0n) is 10.9. The molecule has 0 heterocycles. The van der Waals surface area contributed by atoms with E-state index >= 15 is 0 Å². The number of nitrogens with zero attached hydrogens (tertiary/aromatic N) is 2. The fourth-order valence-electron chi connectivity index (χ4n) is 1.50. The minimum atomic E-state index is -1.23. The Labute approximate surface area is 106 Å². The first kappa shape index (κ1) is 16.2. The van der Waals surface area contributed by atoms with Gasteiger partial charge >= 0.3 is 18.0 Å². The van der Waals surface area contributed by atoms with Crippen molar-refractivity contribution < 1.29 is 24.6 Å². The first-order chi connectivity index (χ1) is 8.27. The first-order valence-electron chi connectivity index (χ1n) is 5.75. The van der Waals surface area contributed by atoms with Gasteiger partial charge in [0.1, 0.15) is 13.1 Å². The summed E-state index contributed by atoms with van der Waals surface area (Å²) in [6, 6.07) is -0.559. The second kappa shape index (κ2) is 7.52. The molecule has 0 spiro atoms. The Balaban J connectivity index is 4.78. The van der Waals surface area contributed by atoms with Crippen molar-refractivity contribution in [3.63, 3.8) is 0 Å². The summed E-state index contributed by atoms with van der Waals surface area (Å²) >= 11 is 0. The minimum absolute atomic E-state index is 0.227. The van der Waals surface area contributed by atoms with Gasteiger partial charge in [-0.15, -0.1) is 0 Å². The molecular formula is C11H20N2O5. The van der Waals surface area contributed by atoms with E-state index in [4.69, 9.17) is 10.2 Å². The molecule has 0 aliphatic heterocycles. The summed E-state index contributed by atoms with van der Waals surface area (Å²) in [4.78, 5) is 35.5. The summed E-state index contributed by atoms with van der Waals surface area (Å²) in [6.07, 6.45) is 0. The highest BCUT2D eigenvalue weighted by molar-refractivity contribution is 5.84. The van der Waals surface area contributed by atoms with Gasteiger partial charge in [-0.3, -0.25) is 9.59 Å². The quantitative estimate of drug-likeness (QED) is 0.696. The Hall–Kier alpha value is -1.79. The molecule has 0 aromatic heterocycles. The maximum absolute atomic E-state index is 12.0. The normalized spacial score (nSPS) is 10.2. The van der Waals surface area contributed by atoms with Crippen LogP contribution in [0.1, 0.15) is 20.8 Å². The number of carbonyl (C=O) groups is 3. The molecule has 0 aliphatic rings. The predicted octanol–water partition coefficient (Wildman–Crippen LogP) is 0.556. The molecule has 2 amide bonds. The van der Waals surface area contributed by atoms with Crippen LogP contribution in [-0.2, 0) is 9.59 Å². The maximum atomic E-state index is 12.0. The Bertz CT molecular complexity index is 301. The Morgan fingerprint density at radius 3 is 1.72 bits per heavy atom. The van der Waals surface area contributed by atoms with E-state index in [1.165, 1.54) is 4.90 Å². The van der Waals surface area contributed by atoms with Crippen LogP contribution in [0, 0.1) is 5.92 Å². The molecule has 0 bridgehead atoms. The highest BCUT2D eigenvalue weighted by atomic mass is 16.4. The average molecular weight is 260 g/mol. The first-order valence-corrected chi connectivity index (χ1v) is 5.75. The standard InChI is InChI=1S/C11H20N2O5/c1-4-12(5-8(2)3)11(18)13(6-9(14)15)7-10(16)17/h8H,4-7H2,1-3H3,(H,14,15)(H,16,17). The van der Waals surface area contributed by atoms with Crippen LogP contribution in [0.3, 0.4) is 0 Å². The molecule has 0 saturated carbocycles. The summed E-state index contributed by atoms with van der Waals surface area (Å²) < 4.78 is 0. The number of rotatable bonds is 7. The molecule has 18 heavy (non-hydrogen) atoms. The molecule has 2 N–H and O–H groups in total. The van der Waals surface area contributed by atoms with Gasteiger partial charge in [-0.1, -0.05) is 13.8 Å². The molecule has 0 aromatic rings. The Kier molecular flexibility index (Phi) is 6.77. The lowest BCUT2D eigenvalue weighted by molar-refractivity contribution is -0.140. The smallest absolute Gasteiger partial charge is 0.323 e. The average Bonchev–Trinajstić information content (AvgIpc) is 2.22. The second-order valence-corrected chi connectivity index (χ2v) is 4.36. The number of hydrogen-bond acceptors (Lipinski definition) is 3. The lowest BCUT2D eigenvalue weighted by Crippen LogP contribution is -2.48. The van der Waals surface area contributed by atoms with Crippen LogP contribution in [0.15, 0.2) is 0 Å². The molecule has 7 nitrogen and oxygen atoms in total. The summed E-state index contributed by atoms with van der Waals surface area (Å²) in [5, 5.41) is 17.4. The molecule has 7 heteroatoms. The topological polar surface area (TPSA) is 98.2 Å². The van der Waals surface area contributed by atoms with Crippen LogP contribution < -0.4 is 0 Å². The molecule has 0 atom stereocenters. The Morgan fingerprint density at radius 2 is 1.44 bits per heavy atom. The van der Waals surface area contributed by atoms with E-state index in [9.17, 15) is 14.4 Å². The maximum Gasteiger partial charge on any atom is 0.323 e. The largest absolute Gasteiger partial charge is 0.480 e. The molecular weight excluding hydrogens is 240 g/mol. The van der Waals surface area contributed by atoms with Crippen LogP contribution in [0.25, 0.3) is 0 Å². The van der Waals surface area contributed by atoms with Crippen LogP contribution >= 0.6 is 0 Å². The summed E-state index contributed by atoms with van der Waals surface area (Å²) in [5.41, 5.74) is 0. The van der Waals surface area contributed by atoms with Crippen LogP contribution in [0.2, 0.25) is 0 Å².